The Hall–Kier alpha value is -1.75. The topological polar surface area (TPSA) is 66.4 Å². The van der Waals surface area contributed by atoms with Gasteiger partial charge < -0.3 is 0 Å². The Bertz CT molecular complexity index is 271. The Labute approximate surface area is 77.5 Å². The second-order valence-corrected chi connectivity index (χ2v) is 2.76. The van der Waals surface area contributed by atoms with Crippen molar-refractivity contribution in [2.75, 3.05) is 6.54 Å². The molecule has 13 heavy (non-hydrogen) atoms. The van der Waals surface area contributed by atoms with Crippen LogP contribution in [0.5, 0.6) is 0 Å². The minimum Gasteiger partial charge on any atom is -0.259 e. The summed E-state index contributed by atoms with van der Waals surface area (Å²) in [6, 6.07) is 2.03. The summed E-state index contributed by atoms with van der Waals surface area (Å²) in [5.74, 6) is 0. The van der Waals surface area contributed by atoms with Crippen LogP contribution in [0.1, 0.15) is 19.8 Å². The fraction of sp³-hybridized carbons (Fsp3) is 0.625. The molecule has 1 rings (SSSR count). The van der Waals surface area contributed by atoms with Crippen LogP contribution in [0.2, 0.25) is 0 Å². The molecule has 0 bridgehead atoms. The van der Waals surface area contributed by atoms with Gasteiger partial charge in [-0.25, -0.2) is 4.90 Å². The number of hydrazone groups is 1. The lowest BCUT2D eigenvalue weighted by Crippen LogP contribution is -2.36. The summed E-state index contributed by atoms with van der Waals surface area (Å²) >= 11 is 0. The smallest absolute Gasteiger partial charge is 0.220 e. The van der Waals surface area contributed by atoms with Gasteiger partial charge in [0, 0.05) is 6.54 Å². The fourth-order valence-corrected chi connectivity index (χ4v) is 1.10. The summed E-state index contributed by atoms with van der Waals surface area (Å²) in [5.41, 5.74) is 0. The van der Waals surface area contributed by atoms with Crippen molar-refractivity contribution in [2.45, 2.75) is 25.9 Å². The van der Waals surface area contributed by atoms with Crippen molar-refractivity contribution in [1.82, 2.24) is 9.91 Å². The molecule has 0 N–H and O–H groups in total. The highest BCUT2D eigenvalue weighted by molar-refractivity contribution is 5.60. The first kappa shape index (κ1) is 9.34. The maximum Gasteiger partial charge on any atom is 0.220 e. The van der Waals surface area contributed by atoms with Gasteiger partial charge in [0.1, 0.15) is 12.4 Å². The van der Waals surface area contributed by atoms with E-state index in [2.05, 4.69) is 12.0 Å². The Morgan fingerprint density at radius 2 is 2.31 bits per heavy atom. The molecule has 5 nitrogen and oxygen atoms in total. The van der Waals surface area contributed by atoms with E-state index < -0.39 is 6.17 Å². The SMILES string of the molecule is CCCCN1N=CN(C#N)C1C#N. The average molecular weight is 177 g/mol. The van der Waals surface area contributed by atoms with Gasteiger partial charge in [0.25, 0.3) is 0 Å². The van der Waals surface area contributed by atoms with Gasteiger partial charge >= 0.3 is 0 Å². The molecule has 1 aliphatic heterocycles. The van der Waals surface area contributed by atoms with Crippen LogP contribution in [0.4, 0.5) is 0 Å². The fourth-order valence-electron chi connectivity index (χ4n) is 1.10. The third-order valence-corrected chi connectivity index (χ3v) is 1.84. The molecule has 1 atom stereocenters. The largest absolute Gasteiger partial charge is 0.259 e. The maximum absolute atomic E-state index is 8.77. The van der Waals surface area contributed by atoms with Crippen LogP contribution in [0.25, 0.3) is 0 Å². The van der Waals surface area contributed by atoms with Crippen molar-refractivity contribution in [3.8, 4) is 12.3 Å². The van der Waals surface area contributed by atoms with Crippen LogP contribution in [0, 0.1) is 22.8 Å². The van der Waals surface area contributed by atoms with E-state index in [9.17, 15) is 0 Å². The van der Waals surface area contributed by atoms with E-state index in [1.54, 1.807) is 5.01 Å². The van der Waals surface area contributed by atoms with Gasteiger partial charge in [0.2, 0.25) is 6.17 Å². The van der Waals surface area contributed by atoms with Crippen LogP contribution in [-0.4, -0.2) is 29.0 Å². The summed E-state index contributed by atoms with van der Waals surface area (Å²) < 4.78 is 0. The van der Waals surface area contributed by atoms with Gasteiger partial charge in [0.15, 0.2) is 6.19 Å². The molecule has 0 saturated heterocycles. The number of nitriles is 2. The lowest BCUT2D eigenvalue weighted by Gasteiger charge is -2.19. The molecule has 0 spiro atoms. The van der Waals surface area contributed by atoms with Crippen molar-refractivity contribution >= 4 is 6.34 Å². The van der Waals surface area contributed by atoms with Crippen molar-refractivity contribution < 1.29 is 0 Å². The summed E-state index contributed by atoms with van der Waals surface area (Å²) in [5, 5.41) is 23.0. The number of hydrogen-bond donors (Lipinski definition) is 0. The number of hydrogen-bond acceptors (Lipinski definition) is 5. The standard InChI is InChI=1S/C8H11N5/c1-2-3-4-13-8(5-9)12(6-10)7-11-13/h7-8H,2-4H2,1H3. The highest BCUT2D eigenvalue weighted by atomic mass is 15.6. The molecular formula is C8H11N5. The van der Waals surface area contributed by atoms with Crippen molar-refractivity contribution in [2.24, 2.45) is 5.10 Å². The summed E-state index contributed by atoms with van der Waals surface area (Å²) in [6.07, 6.45) is 4.77. The molecular weight excluding hydrogens is 166 g/mol. The second kappa shape index (κ2) is 4.32. The molecule has 1 unspecified atom stereocenters. The van der Waals surface area contributed by atoms with Crippen molar-refractivity contribution in [3.63, 3.8) is 0 Å². The highest BCUT2D eigenvalue weighted by Gasteiger charge is 2.26. The number of nitrogens with zero attached hydrogens (tertiary/aromatic N) is 5. The lowest BCUT2D eigenvalue weighted by atomic mass is 10.3. The minimum atomic E-state index is -0.545. The van der Waals surface area contributed by atoms with Gasteiger partial charge in [-0.3, -0.25) is 5.01 Å². The summed E-state index contributed by atoms with van der Waals surface area (Å²) in [4.78, 5) is 1.25. The second-order valence-electron chi connectivity index (χ2n) is 2.76. The van der Waals surface area contributed by atoms with E-state index in [-0.39, 0.29) is 0 Å². The number of unbranched alkanes of at least 4 members (excludes halogenated alkanes) is 1. The number of rotatable bonds is 3. The molecule has 5 heteroatoms. The van der Waals surface area contributed by atoms with Gasteiger partial charge in [-0.1, -0.05) is 13.3 Å². The van der Waals surface area contributed by atoms with E-state index >= 15 is 0 Å². The molecule has 0 aromatic carbocycles. The zero-order valence-corrected chi connectivity index (χ0v) is 7.51. The van der Waals surface area contributed by atoms with Gasteiger partial charge in [-0.15, -0.1) is 0 Å². The third kappa shape index (κ3) is 1.88. The quantitative estimate of drug-likeness (QED) is 0.594. The molecule has 0 amide bonds. The molecule has 68 valence electrons. The summed E-state index contributed by atoms with van der Waals surface area (Å²) in [6.45, 7) is 2.80. The van der Waals surface area contributed by atoms with E-state index in [0.717, 1.165) is 19.4 Å². The Kier molecular flexibility index (Phi) is 3.10. The van der Waals surface area contributed by atoms with Crippen LogP contribution in [0.15, 0.2) is 5.10 Å². The predicted octanol–water partition coefficient (Wildman–Crippen LogP) is 0.678. The predicted molar refractivity (Wildman–Crippen MR) is 47.0 cm³/mol. The zero-order valence-electron chi connectivity index (χ0n) is 7.51. The molecule has 1 aliphatic rings. The van der Waals surface area contributed by atoms with Gasteiger partial charge in [-0.2, -0.15) is 15.6 Å². The molecule has 0 saturated carbocycles. The highest BCUT2D eigenvalue weighted by Crippen LogP contribution is 2.11. The normalized spacial score (nSPS) is 20.1. The first-order valence-electron chi connectivity index (χ1n) is 4.22. The van der Waals surface area contributed by atoms with Crippen LogP contribution >= 0.6 is 0 Å². The first-order valence-corrected chi connectivity index (χ1v) is 4.22. The average Bonchev–Trinajstić information content (AvgIpc) is 2.56. The Morgan fingerprint density at radius 3 is 2.85 bits per heavy atom. The van der Waals surface area contributed by atoms with E-state index in [0.29, 0.717) is 0 Å². The maximum atomic E-state index is 8.77. The van der Waals surface area contributed by atoms with E-state index in [1.165, 1.54) is 11.2 Å². The van der Waals surface area contributed by atoms with E-state index in [4.69, 9.17) is 10.5 Å². The first-order chi connectivity index (χ1) is 6.33. The Balaban J connectivity index is 2.55. The zero-order chi connectivity index (χ0) is 9.68. The van der Waals surface area contributed by atoms with Crippen molar-refractivity contribution in [3.05, 3.63) is 0 Å². The molecule has 0 aromatic heterocycles. The van der Waals surface area contributed by atoms with Gasteiger partial charge in [-0.05, 0) is 6.42 Å². The molecule has 0 aliphatic carbocycles. The van der Waals surface area contributed by atoms with E-state index in [1.807, 2.05) is 12.3 Å². The summed E-state index contributed by atoms with van der Waals surface area (Å²) in [7, 11) is 0. The Morgan fingerprint density at radius 1 is 1.54 bits per heavy atom. The molecule has 1 heterocycles. The third-order valence-electron chi connectivity index (χ3n) is 1.84. The monoisotopic (exact) mass is 177 g/mol. The lowest BCUT2D eigenvalue weighted by molar-refractivity contribution is 0.206. The molecule has 0 fully saturated rings. The molecule has 0 aromatic rings. The van der Waals surface area contributed by atoms with Crippen molar-refractivity contribution in [1.29, 1.82) is 10.5 Å². The minimum absolute atomic E-state index is 0.545. The molecule has 0 radical (unpaired) electrons. The van der Waals surface area contributed by atoms with Crippen LogP contribution in [0.3, 0.4) is 0 Å². The van der Waals surface area contributed by atoms with Crippen LogP contribution < -0.4 is 0 Å². The van der Waals surface area contributed by atoms with Gasteiger partial charge in [0.05, 0.1) is 0 Å². The van der Waals surface area contributed by atoms with Crippen LogP contribution in [-0.2, 0) is 0 Å².